The number of hydrogen-bond acceptors (Lipinski definition) is 1. The maximum absolute atomic E-state index is 14.0. The van der Waals surface area contributed by atoms with Gasteiger partial charge in [0.15, 0.2) is 11.6 Å². The Morgan fingerprint density at radius 1 is 1.06 bits per heavy atom. The first-order valence-corrected chi connectivity index (χ1v) is 5.73. The van der Waals surface area contributed by atoms with Crippen molar-refractivity contribution in [1.82, 2.24) is 4.98 Å². The molecule has 2 aromatic carbocycles. The molecule has 0 amide bonds. The molecule has 0 unspecified atom stereocenters. The average molecular weight is 241 g/mol. The minimum absolute atomic E-state index is 0.326. The monoisotopic (exact) mass is 241 g/mol. The van der Waals surface area contributed by atoms with E-state index in [2.05, 4.69) is 4.98 Å². The molecular formula is C15H12FNO. The maximum Gasteiger partial charge on any atom is 0.172 e. The summed E-state index contributed by atoms with van der Waals surface area (Å²) in [7, 11) is 0. The van der Waals surface area contributed by atoms with Gasteiger partial charge in [-0.25, -0.2) is 4.39 Å². The van der Waals surface area contributed by atoms with Crippen LogP contribution in [0.2, 0.25) is 0 Å². The van der Waals surface area contributed by atoms with E-state index in [-0.39, 0.29) is 5.75 Å². The largest absolute Gasteiger partial charge is 0.505 e. The van der Waals surface area contributed by atoms with Crippen LogP contribution in [0, 0.1) is 12.7 Å². The fourth-order valence-electron chi connectivity index (χ4n) is 2.25. The van der Waals surface area contributed by atoms with Crippen LogP contribution in [0.5, 0.6) is 5.75 Å². The number of H-pyrrole nitrogens is 1. The molecule has 2 nitrogen and oxygen atoms in total. The number of hydrogen-bond donors (Lipinski definition) is 2. The Morgan fingerprint density at radius 2 is 1.89 bits per heavy atom. The minimum atomic E-state index is -0.586. The first-order valence-electron chi connectivity index (χ1n) is 5.73. The van der Waals surface area contributed by atoms with Gasteiger partial charge in [0.1, 0.15) is 0 Å². The summed E-state index contributed by atoms with van der Waals surface area (Å²) in [6.45, 7) is 2.01. The highest BCUT2D eigenvalue weighted by Crippen LogP contribution is 2.33. The Balaban J connectivity index is 2.35. The van der Waals surface area contributed by atoms with Gasteiger partial charge >= 0.3 is 0 Å². The lowest BCUT2D eigenvalue weighted by Gasteiger charge is -2.08. The van der Waals surface area contributed by atoms with Crippen molar-refractivity contribution in [3.8, 4) is 16.9 Å². The van der Waals surface area contributed by atoms with Gasteiger partial charge in [-0.15, -0.1) is 0 Å². The number of fused-ring (bicyclic) bond motifs is 1. The van der Waals surface area contributed by atoms with E-state index < -0.39 is 5.82 Å². The number of aromatic amines is 1. The van der Waals surface area contributed by atoms with Gasteiger partial charge in [0, 0.05) is 22.7 Å². The lowest BCUT2D eigenvalue weighted by atomic mass is 10.00. The van der Waals surface area contributed by atoms with Gasteiger partial charge in [-0.2, -0.15) is 0 Å². The summed E-state index contributed by atoms with van der Waals surface area (Å²) in [5, 5.41) is 10.5. The molecule has 0 aliphatic heterocycles. The van der Waals surface area contributed by atoms with Crippen molar-refractivity contribution in [2.24, 2.45) is 0 Å². The second-order valence-corrected chi connectivity index (χ2v) is 4.34. The quantitative estimate of drug-likeness (QED) is 0.664. The molecular weight excluding hydrogens is 229 g/mol. The predicted octanol–water partition coefficient (Wildman–Crippen LogP) is 3.99. The van der Waals surface area contributed by atoms with Crippen molar-refractivity contribution >= 4 is 10.9 Å². The second-order valence-electron chi connectivity index (χ2n) is 4.34. The number of halogens is 1. The molecule has 2 N–H and O–H groups in total. The standard InChI is InChI=1S/C15H12FNO/c1-9-5-6-12(15-10(9)7-8-17-15)11-3-2-4-13(18)14(11)16/h2-8,17-18H,1H3. The number of benzene rings is 2. The van der Waals surface area contributed by atoms with Crippen LogP contribution in [0.4, 0.5) is 4.39 Å². The highest BCUT2D eigenvalue weighted by Gasteiger charge is 2.13. The van der Waals surface area contributed by atoms with Crippen molar-refractivity contribution in [1.29, 1.82) is 0 Å². The van der Waals surface area contributed by atoms with Gasteiger partial charge in [0.25, 0.3) is 0 Å². The number of aryl methyl sites for hydroxylation is 1. The molecule has 3 heteroatoms. The van der Waals surface area contributed by atoms with E-state index in [0.717, 1.165) is 22.0 Å². The lowest BCUT2D eigenvalue weighted by Crippen LogP contribution is -1.87. The number of aromatic nitrogens is 1. The molecule has 18 heavy (non-hydrogen) atoms. The van der Waals surface area contributed by atoms with Gasteiger partial charge in [0.2, 0.25) is 0 Å². The van der Waals surface area contributed by atoms with Crippen LogP contribution in [0.1, 0.15) is 5.56 Å². The number of rotatable bonds is 1. The van der Waals surface area contributed by atoms with Crippen LogP contribution in [0.25, 0.3) is 22.0 Å². The van der Waals surface area contributed by atoms with E-state index in [1.165, 1.54) is 6.07 Å². The van der Waals surface area contributed by atoms with Gasteiger partial charge in [-0.1, -0.05) is 24.3 Å². The number of nitrogens with one attached hydrogen (secondary N) is 1. The lowest BCUT2D eigenvalue weighted by molar-refractivity contribution is 0.433. The summed E-state index contributed by atoms with van der Waals surface area (Å²) in [6, 6.07) is 10.4. The third-order valence-corrected chi connectivity index (χ3v) is 3.21. The predicted molar refractivity (Wildman–Crippen MR) is 70.1 cm³/mol. The SMILES string of the molecule is Cc1ccc(-c2cccc(O)c2F)c2[nH]ccc12. The smallest absolute Gasteiger partial charge is 0.172 e. The molecule has 1 heterocycles. The Hall–Kier alpha value is -2.29. The summed E-state index contributed by atoms with van der Waals surface area (Å²) in [5.41, 5.74) is 3.19. The highest BCUT2D eigenvalue weighted by atomic mass is 19.1. The van der Waals surface area contributed by atoms with Crippen molar-refractivity contribution in [2.75, 3.05) is 0 Å². The third kappa shape index (κ3) is 1.48. The molecule has 0 atom stereocenters. The second kappa shape index (κ2) is 3.88. The summed E-state index contributed by atoms with van der Waals surface area (Å²) < 4.78 is 14.0. The van der Waals surface area contributed by atoms with Crippen molar-refractivity contribution in [3.05, 3.63) is 54.0 Å². The molecule has 3 aromatic rings. The van der Waals surface area contributed by atoms with Crippen LogP contribution in [-0.4, -0.2) is 10.1 Å². The number of phenols is 1. The average Bonchev–Trinajstić information content (AvgIpc) is 2.84. The molecule has 0 aliphatic rings. The van der Waals surface area contributed by atoms with Crippen LogP contribution in [0.15, 0.2) is 42.6 Å². The zero-order valence-corrected chi connectivity index (χ0v) is 9.87. The van der Waals surface area contributed by atoms with Gasteiger partial charge in [-0.05, 0) is 24.6 Å². The van der Waals surface area contributed by atoms with Crippen LogP contribution >= 0.6 is 0 Å². The maximum atomic E-state index is 14.0. The van der Waals surface area contributed by atoms with Crippen LogP contribution in [-0.2, 0) is 0 Å². The Labute approximate surface area is 104 Å². The van der Waals surface area contributed by atoms with Gasteiger partial charge in [0.05, 0.1) is 5.52 Å². The summed E-state index contributed by atoms with van der Waals surface area (Å²) in [4.78, 5) is 3.13. The molecule has 0 saturated heterocycles. The molecule has 0 radical (unpaired) electrons. The van der Waals surface area contributed by atoms with E-state index in [1.54, 1.807) is 12.1 Å². The van der Waals surface area contributed by atoms with E-state index in [1.807, 2.05) is 31.3 Å². The summed E-state index contributed by atoms with van der Waals surface area (Å²) in [6.07, 6.45) is 1.84. The van der Waals surface area contributed by atoms with E-state index in [0.29, 0.717) is 5.56 Å². The van der Waals surface area contributed by atoms with E-state index in [4.69, 9.17) is 0 Å². The Bertz CT molecular complexity index is 730. The van der Waals surface area contributed by atoms with Crippen molar-refractivity contribution < 1.29 is 9.50 Å². The molecule has 0 saturated carbocycles. The molecule has 90 valence electrons. The number of phenolic OH excluding ortho intramolecular Hbond substituents is 1. The van der Waals surface area contributed by atoms with Crippen molar-refractivity contribution in [3.63, 3.8) is 0 Å². The van der Waals surface area contributed by atoms with Crippen LogP contribution < -0.4 is 0 Å². The molecule has 0 bridgehead atoms. The molecule has 1 aromatic heterocycles. The number of aromatic hydroxyl groups is 1. The molecule has 0 aliphatic carbocycles. The molecule has 0 spiro atoms. The first kappa shape index (κ1) is 10.8. The highest BCUT2D eigenvalue weighted by molar-refractivity contribution is 5.96. The van der Waals surface area contributed by atoms with E-state index >= 15 is 0 Å². The third-order valence-electron chi connectivity index (χ3n) is 3.21. The zero-order valence-electron chi connectivity index (χ0n) is 9.87. The minimum Gasteiger partial charge on any atom is -0.505 e. The Kier molecular flexibility index (Phi) is 2.33. The summed E-state index contributed by atoms with van der Waals surface area (Å²) in [5.74, 6) is -0.912. The van der Waals surface area contributed by atoms with Crippen LogP contribution in [0.3, 0.4) is 0 Å². The molecule has 3 rings (SSSR count). The van der Waals surface area contributed by atoms with Gasteiger partial charge in [-0.3, -0.25) is 0 Å². The first-order chi connectivity index (χ1) is 8.68. The van der Waals surface area contributed by atoms with Crippen molar-refractivity contribution in [2.45, 2.75) is 6.92 Å². The zero-order chi connectivity index (χ0) is 12.7. The van der Waals surface area contributed by atoms with Gasteiger partial charge < -0.3 is 10.1 Å². The fourth-order valence-corrected chi connectivity index (χ4v) is 2.25. The molecule has 0 fully saturated rings. The Morgan fingerprint density at radius 3 is 2.72 bits per heavy atom. The topological polar surface area (TPSA) is 36.0 Å². The fraction of sp³-hybridized carbons (Fsp3) is 0.0667. The summed E-state index contributed by atoms with van der Waals surface area (Å²) >= 11 is 0. The normalized spacial score (nSPS) is 11.0. The van der Waals surface area contributed by atoms with E-state index in [9.17, 15) is 9.50 Å².